The van der Waals surface area contributed by atoms with Gasteiger partial charge in [0.25, 0.3) is 0 Å². The van der Waals surface area contributed by atoms with E-state index in [1.165, 1.54) is 5.56 Å². The van der Waals surface area contributed by atoms with Gasteiger partial charge in [0.1, 0.15) is 0 Å². The first kappa shape index (κ1) is 15.5. The van der Waals surface area contributed by atoms with Gasteiger partial charge in [0.15, 0.2) is 0 Å². The lowest BCUT2D eigenvalue weighted by molar-refractivity contribution is -0.0746. The van der Waals surface area contributed by atoms with E-state index in [1.54, 1.807) is 0 Å². The molecule has 4 heterocycles. The highest BCUT2D eigenvalue weighted by molar-refractivity contribution is 5.28. The average Bonchev–Trinajstić information content (AvgIpc) is 2.87. The maximum absolute atomic E-state index is 6.09. The van der Waals surface area contributed by atoms with E-state index >= 15 is 0 Å². The first-order chi connectivity index (χ1) is 11.9. The van der Waals surface area contributed by atoms with Crippen LogP contribution in [0.5, 0.6) is 0 Å². The molecular weight excluding hydrogens is 302 g/mol. The Morgan fingerprint density at radius 2 is 1.79 bits per heavy atom. The summed E-state index contributed by atoms with van der Waals surface area (Å²) in [5.41, 5.74) is 1.32. The van der Waals surface area contributed by atoms with Crippen molar-refractivity contribution < 1.29 is 4.74 Å². The summed E-state index contributed by atoms with van der Waals surface area (Å²) in [4.78, 5) is 17.8. The van der Waals surface area contributed by atoms with Crippen molar-refractivity contribution in [3.05, 3.63) is 48.5 Å². The molecule has 0 bridgehead atoms. The van der Waals surface area contributed by atoms with Crippen LogP contribution in [0, 0.1) is 0 Å². The number of fused-ring (bicyclic) bond motifs is 1. The van der Waals surface area contributed by atoms with Crippen LogP contribution in [-0.4, -0.2) is 58.2 Å². The molecule has 0 N–H and O–H groups in total. The first-order valence-corrected chi connectivity index (χ1v) is 8.67. The zero-order chi connectivity index (χ0) is 16.2. The third kappa shape index (κ3) is 3.39. The number of anilines is 1. The fourth-order valence-electron chi connectivity index (χ4n) is 3.73. The summed E-state index contributed by atoms with van der Waals surface area (Å²) in [7, 11) is 0. The van der Waals surface area contributed by atoms with Gasteiger partial charge in [0.2, 0.25) is 5.95 Å². The maximum atomic E-state index is 6.09. The van der Waals surface area contributed by atoms with Gasteiger partial charge in [0, 0.05) is 57.0 Å². The number of ether oxygens (including phenoxy) is 1. The predicted octanol–water partition coefficient (Wildman–Crippen LogP) is 1.74. The highest BCUT2D eigenvalue weighted by atomic mass is 16.5. The molecule has 2 aromatic rings. The summed E-state index contributed by atoms with van der Waals surface area (Å²) in [5.74, 6) is 0.830. The minimum atomic E-state index is 0.300. The topological polar surface area (TPSA) is 54.4 Å². The van der Waals surface area contributed by atoms with Gasteiger partial charge in [-0.1, -0.05) is 0 Å². The van der Waals surface area contributed by atoms with Crippen LogP contribution < -0.4 is 4.90 Å². The van der Waals surface area contributed by atoms with E-state index < -0.39 is 0 Å². The molecule has 2 unspecified atom stereocenters. The van der Waals surface area contributed by atoms with Crippen molar-refractivity contribution in [3.8, 4) is 0 Å². The second-order valence-electron chi connectivity index (χ2n) is 6.42. The molecule has 2 aliphatic rings. The third-order valence-corrected chi connectivity index (χ3v) is 4.96. The van der Waals surface area contributed by atoms with E-state index in [1.807, 2.05) is 30.9 Å². The summed E-state index contributed by atoms with van der Waals surface area (Å²) >= 11 is 0. The normalized spacial score (nSPS) is 25.1. The molecule has 0 aromatic carbocycles. The van der Waals surface area contributed by atoms with Crippen molar-refractivity contribution in [3.63, 3.8) is 0 Å². The molecule has 4 rings (SSSR count). The molecule has 0 spiro atoms. The molecule has 2 aliphatic heterocycles. The Kier molecular flexibility index (Phi) is 4.66. The van der Waals surface area contributed by atoms with E-state index in [-0.39, 0.29) is 0 Å². The smallest absolute Gasteiger partial charge is 0.225 e. The van der Waals surface area contributed by atoms with Crippen LogP contribution in [-0.2, 0) is 11.3 Å². The number of pyridine rings is 1. The second kappa shape index (κ2) is 7.23. The Morgan fingerprint density at radius 1 is 1.00 bits per heavy atom. The van der Waals surface area contributed by atoms with Gasteiger partial charge in [-0.25, -0.2) is 9.97 Å². The first-order valence-electron chi connectivity index (χ1n) is 8.67. The molecule has 6 nitrogen and oxygen atoms in total. The zero-order valence-electron chi connectivity index (χ0n) is 13.8. The molecule has 126 valence electrons. The number of nitrogens with zero attached hydrogens (tertiary/aromatic N) is 5. The highest BCUT2D eigenvalue weighted by Gasteiger charge is 2.35. The number of rotatable bonds is 3. The Balaban J connectivity index is 1.46. The minimum absolute atomic E-state index is 0.300. The summed E-state index contributed by atoms with van der Waals surface area (Å²) in [6, 6.07) is 6.53. The van der Waals surface area contributed by atoms with Crippen molar-refractivity contribution in [1.82, 2.24) is 19.9 Å². The van der Waals surface area contributed by atoms with E-state index in [4.69, 9.17) is 4.74 Å². The highest BCUT2D eigenvalue weighted by Crippen LogP contribution is 2.26. The molecule has 0 radical (unpaired) electrons. The molecule has 0 aliphatic carbocycles. The van der Waals surface area contributed by atoms with E-state index in [0.717, 1.165) is 51.6 Å². The van der Waals surface area contributed by atoms with Crippen LogP contribution in [0.3, 0.4) is 0 Å². The van der Waals surface area contributed by atoms with E-state index in [9.17, 15) is 0 Å². The summed E-state index contributed by atoms with van der Waals surface area (Å²) in [6.07, 6.45) is 9.77. The standard InChI is InChI=1S/C18H23N5O/c1-6-20-18(21-7-1)22-10-4-16-17(5-11-22)24-13-12-23(16)14-15-2-8-19-9-3-15/h1-3,6-9,16-17H,4-5,10-14H2. The Hall–Kier alpha value is -2.05. The molecule has 2 fully saturated rings. The van der Waals surface area contributed by atoms with Crippen LogP contribution in [0.2, 0.25) is 0 Å². The lowest BCUT2D eigenvalue weighted by Gasteiger charge is -2.40. The molecular formula is C18H23N5O. The van der Waals surface area contributed by atoms with Gasteiger partial charge in [0.05, 0.1) is 12.7 Å². The van der Waals surface area contributed by atoms with Crippen LogP contribution in [0.15, 0.2) is 43.0 Å². The molecule has 24 heavy (non-hydrogen) atoms. The Labute approximate surface area is 142 Å². The van der Waals surface area contributed by atoms with Crippen molar-refractivity contribution in [2.24, 2.45) is 0 Å². The van der Waals surface area contributed by atoms with Crippen molar-refractivity contribution in [2.45, 2.75) is 31.5 Å². The minimum Gasteiger partial charge on any atom is -0.375 e. The predicted molar refractivity (Wildman–Crippen MR) is 91.7 cm³/mol. The third-order valence-electron chi connectivity index (χ3n) is 4.96. The average molecular weight is 325 g/mol. The van der Waals surface area contributed by atoms with Crippen molar-refractivity contribution >= 4 is 5.95 Å². The largest absolute Gasteiger partial charge is 0.375 e. The number of hydrogen-bond acceptors (Lipinski definition) is 6. The van der Waals surface area contributed by atoms with E-state index in [0.29, 0.717) is 12.1 Å². The van der Waals surface area contributed by atoms with E-state index in [2.05, 4.69) is 36.9 Å². The second-order valence-corrected chi connectivity index (χ2v) is 6.42. The van der Waals surface area contributed by atoms with Crippen LogP contribution in [0.1, 0.15) is 18.4 Å². The molecule has 0 saturated carbocycles. The summed E-state index contributed by atoms with van der Waals surface area (Å²) < 4.78 is 6.09. The fourth-order valence-corrected chi connectivity index (χ4v) is 3.73. The van der Waals surface area contributed by atoms with Crippen molar-refractivity contribution in [2.75, 3.05) is 31.1 Å². The van der Waals surface area contributed by atoms with Crippen LogP contribution in [0.25, 0.3) is 0 Å². The lowest BCUT2D eigenvalue weighted by Crippen LogP contribution is -2.50. The molecule has 0 amide bonds. The summed E-state index contributed by atoms with van der Waals surface area (Å²) in [6.45, 7) is 4.70. The number of morpholine rings is 1. The maximum Gasteiger partial charge on any atom is 0.225 e. The van der Waals surface area contributed by atoms with Crippen LogP contribution in [0.4, 0.5) is 5.95 Å². The molecule has 2 aromatic heterocycles. The SMILES string of the molecule is c1cnc(N2CCC3OCCN(Cc4ccncc4)C3CC2)nc1. The van der Waals surface area contributed by atoms with Crippen molar-refractivity contribution in [1.29, 1.82) is 0 Å². The zero-order valence-corrected chi connectivity index (χ0v) is 13.8. The molecule has 2 saturated heterocycles. The molecule has 2 atom stereocenters. The summed E-state index contributed by atoms with van der Waals surface area (Å²) in [5, 5.41) is 0. The number of hydrogen-bond donors (Lipinski definition) is 0. The lowest BCUT2D eigenvalue weighted by atomic mass is 10.0. The Bertz CT molecular complexity index is 638. The number of aromatic nitrogens is 3. The Morgan fingerprint density at radius 3 is 2.62 bits per heavy atom. The monoisotopic (exact) mass is 325 g/mol. The fraction of sp³-hybridized carbons (Fsp3) is 0.500. The van der Waals surface area contributed by atoms with Gasteiger partial charge in [-0.3, -0.25) is 9.88 Å². The van der Waals surface area contributed by atoms with Gasteiger partial charge >= 0.3 is 0 Å². The van der Waals surface area contributed by atoms with Gasteiger partial charge < -0.3 is 9.64 Å². The van der Waals surface area contributed by atoms with Gasteiger partial charge in [-0.2, -0.15) is 0 Å². The van der Waals surface area contributed by atoms with Gasteiger partial charge in [-0.05, 0) is 36.6 Å². The quantitative estimate of drug-likeness (QED) is 0.857. The molecule has 6 heteroatoms. The van der Waals surface area contributed by atoms with Crippen LogP contribution >= 0.6 is 0 Å². The van der Waals surface area contributed by atoms with Gasteiger partial charge in [-0.15, -0.1) is 0 Å².